The SMILES string of the molecule is CC(C)(C)c1ccc(Oc2ccc(NC(=O)[C@H]3CC=CC[C@H]3C(=O)O)cc2)cc1. The van der Waals surface area contributed by atoms with E-state index in [4.69, 9.17) is 4.74 Å². The number of nitrogens with one attached hydrogen (secondary N) is 1. The second kappa shape index (κ2) is 8.52. The number of carbonyl (C=O) groups is 2. The molecule has 0 spiro atoms. The molecule has 152 valence electrons. The first-order valence-electron chi connectivity index (χ1n) is 9.81. The van der Waals surface area contributed by atoms with Crippen molar-refractivity contribution in [3.63, 3.8) is 0 Å². The van der Waals surface area contributed by atoms with Crippen LogP contribution in [0.4, 0.5) is 5.69 Å². The van der Waals surface area contributed by atoms with Crippen LogP contribution >= 0.6 is 0 Å². The molecule has 1 aliphatic rings. The van der Waals surface area contributed by atoms with Gasteiger partial charge in [-0.15, -0.1) is 0 Å². The van der Waals surface area contributed by atoms with Crippen molar-refractivity contribution >= 4 is 17.6 Å². The molecular formula is C24H27NO4. The average Bonchev–Trinajstić information content (AvgIpc) is 2.69. The maximum Gasteiger partial charge on any atom is 0.307 e. The summed E-state index contributed by atoms with van der Waals surface area (Å²) in [6.45, 7) is 6.49. The van der Waals surface area contributed by atoms with Gasteiger partial charge in [-0.1, -0.05) is 45.1 Å². The number of carbonyl (C=O) groups excluding carboxylic acids is 1. The van der Waals surface area contributed by atoms with E-state index in [9.17, 15) is 14.7 Å². The second-order valence-corrected chi connectivity index (χ2v) is 8.38. The summed E-state index contributed by atoms with van der Waals surface area (Å²) in [7, 11) is 0. The summed E-state index contributed by atoms with van der Waals surface area (Å²) in [5.41, 5.74) is 1.94. The van der Waals surface area contributed by atoms with E-state index >= 15 is 0 Å². The summed E-state index contributed by atoms with van der Waals surface area (Å²) in [6.07, 6.45) is 4.51. The molecule has 0 heterocycles. The summed E-state index contributed by atoms with van der Waals surface area (Å²) in [5, 5.41) is 12.2. The molecule has 0 bridgehead atoms. The van der Waals surface area contributed by atoms with Crippen LogP contribution in [0.5, 0.6) is 11.5 Å². The van der Waals surface area contributed by atoms with Gasteiger partial charge in [0.1, 0.15) is 11.5 Å². The van der Waals surface area contributed by atoms with Gasteiger partial charge in [0.15, 0.2) is 0 Å². The Hall–Kier alpha value is -3.08. The third kappa shape index (κ3) is 5.25. The van der Waals surface area contributed by atoms with Crippen LogP contribution in [0.25, 0.3) is 0 Å². The highest BCUT2D eigenvalue weighted by molar-refractivity contribution is 5.95. The summed E-state index contributed by atoms with van der Waals surface area (Å²) in [6, 6.07) is 15.1. The largest absolute Gasteiger partial charge is 0.481 e. The van der Waals surface area contributed by atoms with Gasteiger partial charge >= 0.3 is 5.97 Å². The van der Waals surface area contributed by atoms with E-state index in [0.717, 1.165) is 5.75 Å². The Balaban J connectivity index is 1.62. The van der Waals surface area contributed by atoms with E-state index in [2.05, 4.69) is 38.2 Å². The fourth-order valence-corrected chi connectivity index (χ4v) is 3.38. The number of benzene rings is 2. The van der Waals surface area contributed by atoms with Crippen molar-refractivity contribution in [3.05, 3.63) is 66.2 Å². The van der Waals surface area contributed by atoms with Crippen LogP contribution in [0.2, 0.25) is 0 Å². The lowest BCUT2D eigenvalue weighted by atomic mass is 9.82. The molecule has 2 aromatic carbocycles. The van der Waals surface area contributed by atoms with Gasteiger partial charge in [-0.25, -0.2) is 0 Å². The van der Waals surface area contributed by atoms with Crippen LogP contribution in [-0.2, 0) is 15.0 Å². The number of aliphatic carboxylic acids is 1. The number of anilines is 1. The monoisotopic (exact) mass is 393 g/mol. The lowest BCUT2D eigenvalue weighted by Crippen LogP contribution is -2.34. The zero-order valence-corrected chi connectivity index (χ0v) is 17.0. The molecule has 1 aliphatic carbocycles. The lowest BCUT2D eigenvalue weighted by Gasteiger charge is -2.24. The van der Waals surface area contributed by atoms with Gasteiger partial charge in [0.25, 0.3) is 0 Å². The topological polar surface area (TPSA) is 75.6 Å². The number of hydrogen-bond donors (Lipinski definition) is 2. The Morgan fingerprint density at radius 1 is 0.897 bits per heavy atom. The zero-order chi connectivity index (χ0) is 21.0. The molecule has 0 aliphatic heterocycles. The van der Waals surface area contributed by atoms with Crippen molar-refractivity contribution in [2.75, 3.05) is 5.32 Å². The van der Waals surface area contributed by atoms with Gasteiger partial charge in [0.2, 0.25) is 5.91 Å². The van der Waals surface area contributed by atoms with Gasteiger partial charge in [0.05, 0.1) is 11.8 Å². The first kappa shape index (κ1) is 20.6. The van der Waals surface area contributed by atoms with Gasteiger partial charge in [-0.05, 0) is 60.2 Å². The maximum atomic E-state index is 12.5. The van der Waals surface area contributed by atoms with E-state index in [0.29, 0.717) is 24.3 Å². The molecule has 2 atom stereocenters. The van der Waals surface area contributed by atoms with Gasteiger partial charge in [0, 0.05) is 5.69 Å². The lowest BCUT2D eigenvalue weighted by molar-refractivity contribution is -0.146. The first-order chi connectivity index (χ1) is 13.7. The predicted molar refractivity (Wildman–Crippen MR) is 113 cm³/mol. The van der Waals surface area contributed by atoms with Crippen molar-refractivity contribution in [3.8, 4) is 11.5 Å². The van der Waals surface area contributed by atoms with Crippen LogP contribution in [0.3, 0.4) is 0 Å². The van der Waals surface area contributed by atoms with Crippen LogP contribution < -0.4 is 10.1 Å². The highest BCUT2D eigenvalue weighted by atomic mass is 16.5. The first-order valence-corrected chi connectivity index (χ1v) is 9.81. The molecule has 2 aromatic rings. The minimum absolute atomic E-state index is 0.0894. The average molecular weight is 393 g/mol. The van der Waals surface area contributed by atoms with E-state index in [1.807, 2.05) is 24.3 Å². The minimum atomic E-state index is -0.935. The van der Waals surface area contributed by atoms with Gasteiger partial charge < -0.3 is 15.2 Å². The zero-order valence-electron chi connectivity index (χ0n) is 17.0. The Kier molecular flexibility index (Phi) is 6.06. The quantitative estimate of drug-likeness (QED) is 0.669. The smallest absolute Gasteiger partial charge is 0.307 e. The summed E-state index contributed by atoms with van der Waals surface area (Å²) >= 11 is 0. The summed E-state index contributed by atoms with van der Waals surface area (Å²) in [5.74, 6) is -1.04. The van der Waals surface area contributed by atoms with Crippen LogP contribution in [0, 0.1) is 11.8 Å². The number of ether oxygens (including phenoxy) is 1. The molecule has 0 saturated heterocycles. The number of allylic oxidation sites excluding steroid dienone is 2. The third-order valence-corrected chi connectivity index (χ3v) is 5.16. The Bertz CT molecular complexity index is 892. The number of carboxylic acids is 1. The van der Waals surface area contributed by atoms with Crippen molar-refractivity contribution in [2.24, 2.45) is 11.8 Å². The predicted octanol–water partition coefficient (Wildman–Crippen LogP) is 5.38. The molecule has 5 nitrogen and oxygen atoms in total. The van der Waals surface area contributed by atoms with Gasteiger partial charge in [-0.3, -0.25) is 9.59 Å². The maximum absolute atomic E-state index is 12.5. The summed E-state index contributed by atoms with van der Waals surface area (Å²) in [4.78, 5) is 23.9. The van der Waals surface area contributed by atoms with Crippen molar-refractivity contribution in [1.29, 1.82) is 0 Å². The molecule has 1 amide bonds. The molecule has 0 fully saturated rings. The van der Waals surface area contributed by atoms with Crippen molar-refractivity contribution in [2.45, 2.75) is 39.0 Å². The normalized spacial score (nSPS) is 18.9. The Morgan fingerprint density at radius 3 is 1.93 bits per heavy atom. The fourth-order valence-electron chi connectivity index (χ4n) is 3.38. The van der Waals surface area contributed by atoms with Crippen molar-refractivity contribution < 1.29 is 19.4 Å². The van der Waals surface area contributed by atoms with Crippen LogP contribution in [0.15, 0.2) is 60.7 Å². The number of rotatable bonds is 5. The van der Waals surface area contributed by atoms with Gasteiger partial charge in [-0.2, -0.15) is 0 Å². The number of hydrogen-bond acceptors (Lipinski definition) is 3. The minimum Gasteiger partial charge on any atom is -0.481 e. The molecular weight excluding hydrogens is 366 g/mol. The van der Waals surface area contributed by atoms with E-state index in [1.165, 1.54) is 5.56 Å². The van der Waals surface area contributed by atoms with Crippen molar-refractivity contribution in [1.82, 2.24) is 0 Å². The standard InChI is InChI=1S/C24H27NO4/c1-24(2,3)16-8-12-18(13-9-16)29-19-14-10-17(11-15-19)25-22(26)20-6-4-5-7-21(20)23(27)28/h4-5,8-15,20-21H,6-7H2,1-3H3,(H,25,26)(H,27,28)/t20-,21+/m0/s1. The van der Waals surface area contributed by atoms with Crippen LogP contribution in [0.1, 0.15) is 39.2 Å². The second-order valence-electron chi connectivity index (χ2n) is 8.38. The Morgan fingerprint density at radius 2 is 1.41 bits per heavy atom. The highest BCUT2D eigenvalue weighted by Gasteiger charge is 2.33. The van der Waals surface area contributed by atoms with E-state index in [1.54, 1.807) is 24.3 Å². The molecule has 0 unspecified atom stereocenters. The molecule has 2 N–H and O–H groups in total. The highest BCUT2D eigenvalue weighted by Crippen LogP contribution is 2.29. The summed E-state index contributed by atoms with van der Waals surface area (Å²) < 4.78 is 5.87. The molecule has 0 saturated carbocycles. The number of carboxylic acid groups (broad SMARTS) is 1. The van der Waals surface area contributed by atoms with E-state index in [-0.39, 0.29) is 11.3 Å². The number of amides is 1. The molecule has 0 radical (unpaired) electrons. The molecule has 3 rings (SSSR count). The Labute approximate surface area is 171 Å². The third-order valence-electron chi connectivity index (χ3n) is 5.16. The molecule has 29 heavy (non-hydrogen) atoms. The molecule has 0 aromatic heterocycles. The van der Waals surface area contributed by atoms with E-state index < -0.39 is 17.8 Å². The fraction of sp³-hybridized carbons (Fsp3) is 0.333. The van der Waals surface area contributed by atoms with Crippen LogP contribution in [-0.4, -0.2) is 17.0 Å². The molecule has 5 heteroatoms.